The average molecular weight is 379 g/mol. The zero-order valence-corrected chi connectivity index (χ0v) is 15.7. The fraction of sp³-hybridized carbons (Fsp3) is 0.150. The lowest BCUT2D eigenvalue weighted by molar-refractivity contribution is -0.136. The molecular weight excluding hydrogens is 362 g/mol. The first-order valence-electron chi connectivity index (χ1n) is 8.52. The Balaban J connectivity index is 1.84. The summed E-state index contributed by atoms with van der Waals surface area (Å²) in [5.74, 6) is 0.830. The number of fused-ring (bicyclic) bond motifs is 1. The number of ether oxygens (including phenoxy) is 1. The number of aromatic nitrogens is 2. The Kier molecular flexibility index (Phi) is 4.68. The van der Waals surface area contributed by atoms with Crippen LogP contribution in [-0.4, -0.2) is 27.5 Å². The number of nitrogens with zero attached hydrogens (tertiary/aromatic N) is 3. The summed E-state index contributed by atoms with van der Waals surface area (Å²) in [7, 11) is 1.88. The second-order valence-electron chi connectivity index (χ2n) is 5.87. The van der Waals surface area contributed by atoms with E-state index in [4.69, 9.17) is 9.15 Å². The Morgan fingerprint density at radius 2 is 1.78 bits per heavy atom. The van der Waals surface area contributed by atoms with Crippen molar-refractivity contribution >= 4 is 29.4 Å². The van der Waals surface area contributed by atoms with Crippen LogP contribution in [0.25, 0.3) is 22.9 Å². The molecule has 1 aliphatic rings. The van der Waals surface area contributed by atoms with Crippen molar-refractivity contribution in [3.05, 3.63) is 66.1 Å². The lowest BCUT2D eigenvalue weighted by atomic mass is 10.1. The third-order valence-corrected chi connectivity index (χ3v) is 5.06. The lowest BCUT2D eigenvalue weighted by Gasteiger charge is -2.28. The molecule has 0 unspecified atom stereocenters. The van der Waals surface area contributed by atoms with Crippen molar-refractivity contribution in [2.75, 3.05) is 7.05 Å². The van der Waals surface area contributed by atoms with Crippen LogP contribution in [0.15, 0.2) is 63.9 Å². The van der Waals surface area contributed by atoms with Crippen molar-refractivity contribution in [1.29, 1.82) is 0 Å². The fourth-order valence-electron chi connectivity index (χ4n) is 2.73. The smallest absolute Gasteiger partial charge is 0.310 e. The summed E-state index contributed by atoms with van der Waals surface area (Å²) in [6, 6.07) is 17.3. The summed E-state index contributed by atoms with van der Waals surface area (Å²) >= 11 is 1.51. The van der Waals surface area contributed by atoms with E-state index < -0.39 is 0 Å². The van der Waals surface area contributed by atoms with E-state index in [9.17, 15) is 4.79 Å². The van der Waals surface area contributed by atoms with Crippen molar-refractivity contribution < 1.29 is 13.9 Å². The van der Waals surface area contributed by atoms with Crippen LogP contribution < -0.4 is 0 Å². The molecule has 1 aromatic heterocycles. The molecule has 0 amide bonds. The largest absolute Gasteiger partial charge is 0.423 e. The number of carbonyl (C=O) groups is 1. The predicted molar refractivity (Wildman–Crippen MR) is 103 cm³/mol. The van der Waals surface area contributed by atoms with Gasteiger partial charge in [0, 0.05) is 29.5 Å². The topological polar surface area (TPSA) is 68.5 Å². The maximum absolute atomic E-state index is 12.1. The van der Waals surface area contributed by atoms with Gasteiger partial charge in [0.15, 0.2) is 11.5 Å². The molecule has 0 atom stereocenters. The summed E-state index contributed by atoms with van der Waals surface area (Å²) in [4.78, 5) is 13.0. The summed E-state index contributed by atoms with van der Waals surface area (Å²) in [5, 5.41) is 8.36. The van der Waals surface area contributed by atoms with Gasteiger partial charge < -0.3 is 13.5 Å². The molecule has 0 fully saturated rings. The van der Waals surface area contributed by atoms with Crippen molar-refractivity contribution in [3.8, 4) is 11.5 Å². The molecule has 4 rings (SSSR count). The minimum atomic E-state index is -0.319. The lowest BCUT2D eigenvalue weighted by Crippen LogP contribution is -2.18. The molecule has 0 saturated carbocycles. The first kappa shape index (κ1) is 17.4. The Morgan fingerprint density at radius 3 is 2.56 bits per heavy atom. The minimum Gasteiger partial charge on any atom is -0.423 e. The predicted octanol–water partition coefficient (Wildman–Crippen LogP) is 4.47. The molecule has 0 saturated heterocycles. The number of benzene rings is 2. The Morgan fingerprint density at radius 1 is 1.07 bits per heavy atom. The highest BCUT2D eigenvalue weighted by Gasteiger charge is 2.31. The van der Waals surface area contributed by atoms with Gasteiger partial charge in [-0.2, -0.15) is 0 Å². The second kappa shape index (κ2) is 7.28. The van der Waals surface area contributed by atoms with Crippen LogP contribution in [0.5, 0.6) is 0 Å². The van der Waals surface area contributed by atoms with Crippen LogP contribution in [0.1, 0.15) is 24.8 Å². The number of rotatable bonds is 4. The van der Waals surface area contributed by atoms with Crippen molar-refractivity contribution in [2.24, 2.45) is 0 Å². The Bertz CT molecular complexity index is 1010. The van der Waals surface area contributed by atoms with Gasteiger partial charge in [-0.1, -0.05) is 37.3 Å². The molecular formula is C20H17N3O3S. The highest BCUT2D eigenvalue weighted by molar-refractivity contribution is 7.97. The molecule has 0 bridgehead atoms. The first-order valence-corrected chi connectivity index (χ1v) is 9.30. The quantitative estimate of drug-likeness (QED) is 0.489. The fourth-order valence-corrected chi connectivity index (χ4v) is 3.68. The van der Waals surface area contributed by atoms with Crippen LogP contribution in [0, 0.1) is 0 Å². The van der Waals surface area contributed by atoms with E-state index in [1.54, 1.807) is 6.92 Å². The first-order chi connectivity index (χ1) is 13.2. The monoisotopic (exact) mass is 379 g/mol. The van der Waals surface area contributed by atoms with Gasteiger partial charge in [0.05, 0.1) is 0 Å². The van der Waals surface area contributed by atoms with Gasteiger partial charge in [-0.05, 0) is 36.2 Å². The van der Waals surface area contributed by atoms with Crippen molar-refractivity contribution in [2.45, 2.75) is 18.2 Å². The van der Waals surface area contributed by atoms with Gasteiger partial charge in [-0.25, -0.2) is 0 Å². The van der Waals surface area contributed by atoms with Gasteiger partial charge in [0.25, 0.3) is 5.89 Å². The third-order valence-electron chi connectivity index (χ3n) is 4.05. The van der Waals surface area contributed by atoms with E-state index in [0.717, 1.165) is 16.0 Å². The zero-order valence-electron chi connectivity index (χ0n) is 14.9. The molecule has 3 aromatic rings. The Labute approximate surface area is 161 Å². The number of carbonyl (C=O) groups excluding carboxylic acids is 1. The summed E-state index contributed by atoms with van der Waals surface area (Å²) < 4.78 is 13.5. The van der Waals surface area contributed by atoms with E-state index >= 15 is 0 Å². The van der Waals surface area contributed by atoms with Crippen molar-refractivity contribution in [3.63, 3.8) is 0 Å². The standard InChI is InChI=1S/C20H17N3O3S/c1-3-16(24)25-18-14-11-7-8-12-15(14)27-23(2)17(18)20-22-21-19(26-20)13-9-5-4-6-10-13/h4-12H,3H2,1-2H3. The molecule has 0 spiro atoms. The number of esters is 1. The Hall–Kier alpha value is -3.06. The molecule has 2 aromatic carbocycles. The van der Waals surface area contributed by atoms with E-state index in [2.05, 4.69) is 10.2 Å². The normalized spacial score (nSPS) is 13.5. The highest BCUT2D eigenvalue weighted by atomic mass is 32.2. The van der Waals surface area contributed by atoms with Crippen LogP contribution in [0.3, 0.4) is 0 Å². The van der Waals surface area contributed by atoms with E-state index in [-0.39, 0.29) is 12.4 Å². The molecule has 27 heavy (non-hydrogen) atoms. The van der Waals surface area contributed by atoms with Gasteiger partial charge in [0.1, 0.15) is 0 Å². The molecule has 0 N–H and O–H groups in total. The van der Waals surface area contributed by atoms with Crippen LogP contribution in [0.4, 0.5) is 0 Å². The maximum atomic E-state index is 12.1. The third kappa shape index (κ3) is 3.33. The van der Waals surface area contributed by atoms with E-state index in [0.29, 0.717) is 23.2 Å². The molecule has 7 heteroatoms. The van der Waals surface area contributed by atoms with E-state index in [1.807, 2.05) is 66.0 Å². The summed E-state index contributed by atoms with van der Waals surface area (Å²) in [6.07, 6.45) is 0.273. The molecule has 1 aliphatic heterocycles. The van der Waals surface area contributed by atoms with Gasteiger partial charge >= 0.3 is 5.97 Å². The molecule has 136 valence electrons. The summed E-state index contributed by atoms with van der Waals surface area (Å²) in [5.41, 5.74) is 2.24. The maximum Gasteiger partial charge on any atom is 0.310 e. The number of hydrogen-bond donors (Lipinski definition) is 0. The SMILES string of the molecule is CCC(=O)OC1=C(c2nnc(-c3ccccc3)o2)N(C)Sc2ccccc21. The van der Waals surface area contributed by atoms with Gasteiger partial charge in [-0.3, -0.25) is 4.79 Å². The van der Waals surface area contributed by atoms with Gasteiger partial charge in [-0.15, -0.1) is 10.2 Å². The highest BCUT2D eigenvalue weighted by Crippen LogP contribution is 2.44. The molecule has 6 nitrogen and oxygen atoms in total. The molecule has 0 radical (unpaired) electrons. The van der Waals surface area contributed by atoms with Crippen LogP contribution in [0.2, 0.25) is 0 Å². The average Bonchev–Trinajstić information content (AvgIpc) is 3.18. The van der Waals surface area contributed by atoms with Crippen LogP contribution >= 0.6 is 11.9 Å². The number of hydrogen-bond acceptors (Lipinski definition) is 7. The van der Waals surface area contributed by atoms with E-state index in [1.165, 1.54) is 11.9 Å². The van der Waals surface area contributed by atoms with Crippen LogP contribution in [-0.2, 0) is 9.53 Å². The zero-order chi connectivity index (χ0) is 18.8. The van der Waals surface area contributed by atoms with Gasteiger partial charge in [0.2, 0.25) is 5.89 Å². The molecule has 2 heterocycles. The van der Waals surface area contributed by atoms with Crippen molar-refractivity contribution in [1.82, 2.24) is 14.5 Å². The second-order valence-corrected chi connectivity index (χ2v) is 7.04. The minimum absolute atomic E-state index is 0.273. The summed E-state index contributed by atoms with van der Waals surface area (Å²) in [6.45, 7) is 1.76. The molecule has 0 aliphatic carbocycles.